The van der Waals surface area contributed by atoms with Gasteiger partial charge in [0.25, 0.3) is 0 Å². The van der Waals surface area contributed by atoms with E-state index in [9.17, 15) is 14.4 Å². The number of unbranched alkanes of at least 4 members (excludes halogenated alkanes) is 18. The van der Waals surface area contributed by atoms with Gasteiger partial charge in [-0.2, -0.15) is 0 Å². The zero-order valence-electron chi connectivity index (χ0n) is 36.1. The van der Waals surface area contributed by atoms with E-state index in [2.05, 4.69) is 57.2 Å². The third kappa shape index (κ3) is 41.7. The van der Waals surface area contributed by atoms with Crippen LogP contribution in [-0.2, 0) is 28.6 Å². The van der Waals surface area contributed by atoms with Crippen molar-refractivity contribution in [2.45, 2.75) is 200 Å². The molecule has 0 amide bonds. The SMILES string of the molecule is CC\C=C/C=C\C=C/C=C\C=C/CCCCCC(=O)OCC(COC(=O)CCCC/C=C\C/C=C\CC)OC(=O)CCCCCCCCCCCCCCCC. The number of hydrogen-bond donors (Lipinski definition) is 0. The summed E-state index contributed by atoms with van der Waals surface area (Å²) in [5, 5.41) is 0. The molecule has 0 aliphatic heterocycles. The molecule has 0 aromatic rings. The lowest BCUT2D eigenvalue weighted by Crippen LogP contribution is -2.30. The van der Waals surface area contributed by atoms with E-state index >= 15 is 0 Å². The van der Waals surface area contributed by atoms with Crippen LogP contribution >= 0.6 is 0 Å². The quantitative estimate of drug-likeness (QED) is 0.0203. The Balaban J connectivity index is 4.47. The molecule has 0 aromatic heterocycles. The van der Waals surface area contributed by atoms with Gasteiger partial charge < -0.3 is 14.2 Å². The third-order valence-corrected chi connectivity index (χ3v) is 9.27. The molecule has 0 radical (unpaired) electrons. The van der Waals surface area contributed by atoms with E-state index in [0.29, 0.717) is 19.3 Å². The van der Waals surface area contributed by atoms with Crippen LogP contribution in [0.3, 0.4) is 0 Å². The predicted octanol–water partition coefficient (Wildman–Crippen LogP) is 14.5. The van der Waals surface area contributed by atoms with Crippen LogP contribution in [0.25, 0.3) is 0 Å². The molecule has 0 saturated carbocycles. The molecule has 1 unspecified atom stereocenters. The second kappa shape index (κ2) is 44.3. The Bertz CT molecular complexity index is 1120. The Hall–Kier alpha value is -3.41. The van der Waals surface area contributed by atoms with E-state index in [1.165, 1.54) is 70.6 Å². The van der Waals surface area contributed by atoms with E-state index in [-0.39, 0.29) is 31.1 Å². The molecule has 0 aromatic carbocycles. The van der Waals surface area contributed by atoms with Crippen molar-refractivity contribution < 1.29 is 28.6 Å². The fourth-order valence-electron chi connectivity index (χ4n) is 5.91. The highest BCUT2D eigenvalue weighted by molar-refractivity contribution is 5.71. The Morgan fingerprint density at radius 3 is 1.32 bits per heavy atom. The molecule has 0 bridgehead atoms. The van der Waals surface area contributed by atoms with Crippen LogP contribution in [0.1, 0.15) is 194 Å². The molecule has 0 N–H and O–H groups in total. The van der Waals surface area contributed by atoms with Crippen LogP contribution in [0.2, 0.25) is 0 Å². The lowest BCUT2D eigenvalue weighted by Gasteiger charge is -2.18. The minimum atomic E-state index is -0.803. The Morgan fingerprint density at radius 1 is 0.393 bits per heavy atom. The maximum Gasteiger partial charge on any atom is 0.306 e. The van der Waals surface area contributed by atoms with Crippen molar-refractivity contribution in [3.63, 3.8) is 0 Å². The molecule has 0 aliphatic carbocycles. The first-order valence-electron chi connectivity index (χ1n) is 22.7. The summed E-state index contributed by atoms with van der Waals surface area (Å²) in [7, 11) is 0. The number of carbonyl (C=O) groups excluding carboxylic acids is 3. The molecule has 56 heavy (non-hydrogen) atoms. The number of ether oxygens (including phenoxy) is 3. The maximum atomic E-state index is 12.7. The second-order valence-corrected chi connectivity index (χ2v) is 14.7. The highest BCUT2D eigenvalue weighted by atomic mass is 16.6. The molecule has 0 aliphatic rings. The number of esters is 3. The van der Waals surface area contributed by atoms with Crippen LogP contribution in [0, 0.1) is 0 Å². The third-order valence-electron chi connectivity index (χ3n) is 9.27. The van der Waals surface area contributed by atoms with E-state index in [1.54, 1.807) is 0 Å². The van der Waals surface area contributed by atoms with Crippen molar-refractivity contribution in [1.82, 2.24) is 0 Å². The minimum Gasteiger partial charge on any atom is -0.462 e. The molecule has 0 heterocycles. The summed E-state index contributed by atoms with van der Waals surface area (Å²) in [5.41, 5.74) is 0. The summed E-state index contributed by atoms with van der Waals surface area (Å²) in [4.78, 5) is 37.7. The van der Waals surface area contributed by atoms with Gasteiger partial charge in [0.1, 0.15) is 13.2 Å². The topological polar surface area (TPSA) is 78.9 Å². The van der Waals surface area contributed by atoms with Gasteiger partial charge in [-0.15, -0.1) is 0 Å². The highest BCUT2D eigenvalue weighted by Gasteiger charge is 2.19. The molecule has 0 saturated heterocycles. The van der Waals surface area contributed by atoms with E-state index in [4.69, 9.17) is 14.2 Å². The van der Waals surface area contributed by atoms with Gasteiger partial charge >= 0.3 is 17.9 Å². The first-order valence-corrected chi connectivity index (χ1v) is 22.7. The van der Waals surface area contributed by atoms with Crippen LogP contribution < -0.4 is 0 Å². The lowest BCUT2D eigenvalue weighted by molar-refractivity contribution is -0.167. The highest BCUT2D eigenvalue weighted by Crippen LogP contribution is 2.14. The standard InChI is InChI=1S/C50H82O6/c1-4-7-10-13-16-19-21-23-25-27-28-31-34-37-40-43-49(52)55-46-47(45-54-48(51)42-39-36-33-30-18-15-12-9-6-3)56-50(53)44-41-38-35-32-29-26-24-22-20-17-14-11-8-5-2/h7,9-10,12-13,16,18-19,21,23,25,27-28,30,47H,4-6,8,11,14-15,17,20,22,24,26,29,31-46H2,1-3H3/b10-7-,12-9-,16-13-,21-19-,25-23-,28-27-,30-18-. The zero-order chi connectivity index (χ0) is 40.8. The van der Waals surface area contributed by atoms with Gasteiger partial charge in [-0.25, -0.2) is 0 Å². The molecule has 6 nitrogen and oxygen atoms in total. The van der Waals surface area contributed by atoms with Crippen molar-refractivity contribution in [2.75, 3.05) is 13.2 Å². The Labute approximate surface area is 344 Å². The van der Waals surface area contributed by atoms with Crippen molar-refractivity contribution >= 4 is 17.9 Å². The largest absolute Gasteiger partial charge is 0.462 e. The number of allylic oxidation sites excluding steroid dienone is 14. The molecular formula is C50H82O6. The van der Waals surface area contributed by atoms with Gasteiger partial charge in [0.2, 0.25) is 0 Å². The summed E-state index contributed by atoms with van der Waals surface area (Å²) >= 11 is 0. The maximum absolute atomic E-state index is 12.7. The molecule has 318 valence electrons. The van der Waals surface area contributed by atoms with Crippen molar-refractivity contribution in [1.29, 1.82) is 0 Å². The predicted molar refractivity (Wildman–Crippen MR) is 237 cm³/mol. The molecule has 0 spiro atoms. The molecular weight excluding hydrogens is 697 g/mol. The van der Waals surface area contributed by atoms with Gasteiger partial charge in [0.05, 0.1) is 0 Å². The number of carbonyl (C=O) groups is 3. The lowest BCUT2D eigenvalue weighted by atomic mass is 10.0. The van der Waals surface area contributed by atoms with Crippen molar-refractivity contribution in [3.05, 3.63) is 85.1 Å². The van der Waals surface area contributed by atoms with E-state index in [1.807, 2.05) is 48.6 Å². The first kappa shape index (κ1) is 52.6. The van der Waals surface area contributed by atoms with Gasteiger partial charge in [0, 0.05) is 19.3 Å². The van der Waals surface area contributed by atoms with Crippen LogP contribution in [0.5, 0.6) is 0 Å². The van der Waals surface area contributed by atoms with E-state index in [0.717, 1.165) is 83.5 Å². The zero-order valence-corrected chi connectivity index (χ0v) is 36.1. The summed E-state index contributed by atoms with van der Waals surface area (Å²) in [5.74, 6) is -0.989. The van der Waals surface area contributed by atoms with Crippen LogP contribution in [0.15, 0.2) is 85.1 Å². The first-order chi connectivity index (χ1) is 27.5. The molecule has 0 rings (SSSR count). The molecule has 0 fully saturated rings. The normalized spacial score (nSPS) is 12.8. The second-order valence-electron chi connectivity index (χ2n) is 14.7. The van der Waals surface area contributed by atoms with Crippen molar-refractivity contribution in [2.24, 2.45) is 0 Å². The van der Waals surface area contributed by atoms with Crippen LogP contribution in [-0.4, -0.2) is 37.2 Å². The van der Waals surface area contributed by atoms with E-state index < -0.39 is 6.10 Å². The monoisotopic (exact) mass is 779 g/mol. The summed E-state index contributed by atoms with van der Waals surface area (Å²) < 4.78 is 16.6. The fraction of sp³-hybridized carbons (Fsp3) is 0.660. The summed E-state index contributed by atoms with van der Waals surface area (Å²) in [6.45, 7) is 6.28. The minimum absolute atomic E-state index is 0.107. The smallest absolute Gasteiger partial charge is 0.306 e. The summed E-state index contributed by atoms with van der Waals surface area (Å²) in [6.07, 6.45) is 55.7. The Morgan fingerprint density at radius 2 is 0.786 bits per heavy atom. The molecule has 1 atom stereocenters. The average Bonchev–Trinajstić information content (AvgIpc) is 3.19. The van der Waals surface area contributed by atoms with Gasteiger partial charge in [-0.1, -0.05) is 196 Å². The summed E-state index contributed by atoms with van der Waals surface area (Å²) in [6, 6.07) is 0. The van der Waals surface area contributed by atoms with Crippen LogP contribution in [0.4, 0.5) is 0 Å². The average molecular weight is 779 g/mol. The number of rotatable bonds is 39. The fourth-order valence-corrected chi connectivity index (χ4v) is 5.91. The van der Waals surface area contributed by atoms with Gasteiger partial charge in [0.15, 0.2) is 6.10 Å². The number of hydrogen-bond acceptors (Lipinski definition) is 6. The van der Waals surface area contributed by atoms with Gasteiger partial charge in [-0.3, -0.25) is 14.4 Å². The van der Waals surface area contributed by atoms with Crippen molar-refractivity contribution in [3.8, 4) is 0 Å². The Kier molecular flexibility index (Phi) is 41.6. The van der Waals surface area contributed by atoms with Gasteiger partial charge in [-0.05, 0) is 64.2 Å². The molecule has 6 heteroatoms.